The van der Waals surface area contributed by atoms with Gasteiger partial charge in [-0.1, -0.05) is 22.9 Å². The summed E-state index contributed by atoms with van der Waals surface area (Å²) in [5.74, 6) is 0. The molecular weight excluding hydrogens is 240 g/mol. The molecule has 1 aromatic carbocycles. The second-order valence-electron chi connectivity index (χ2n) is 3.24. The first-order chi connectivity index (χ1) is 6.74. The Labute approximate surface area is 94.2 Å². The van der Waals surface area contributed by atoms with Crippen molar-refractivity contribution in [2.75, 3.05) is 25.0 Å². The van der Waals surface area contributed by atoms with E-state index in [0.717, 1.165) is 24.1 Å². The maximum absolute atomic E-state index is 3.48. The molecule has 0 aliphatic carbocycles. The van der Waals surface area contributed by atoms with Crippen LogP contribution in [-0.4, -0.2) is 19.6 Å². The number of rotatable bonds is 5. The van der Waals surface area contributed by atoms with Crippen molar-refractivity contribution in [1.82, 2.24) is 5.32 Å². The van der Waals surface area contributed by atoms with Crippen molar-refractivity contribution in [1.29, 1.82) is 0 Å². The number of benzene rings is 1. The lowest BCUT2D eigenvalue weighted by Crippen LogP contribution is -2.21. The van der Waals surface area contributed by atoms with Gasteiger partial charge in [-0.05, 0) is 37.2 Å². The molecule has 0 saturated carbocycles. The lowest BCUT2D eigenvalue weighted by atomic mass is 10.2. The van der Waals surface area contributed by atoms with E-state index < -0.39 is 0 Å². The first-order valence-electron chi connectivity index (χ1n) is 4.94. The fourth-order valence-corrected chi connectivity index (χ4v) is 1.47. The zero-order valence-corrected chi connectivity index (χ0v) is 10.3. The van der Waals surface area contributed by atoms with Gasteiger partial charge in [0.15, 0.2) is 0 Å². The molecule has 0 aromatic heterocycles. The average molecular weight is 257 g/mol. The van der Waals surface area contributed by atoms with Crippen LogP contribution in [0.25, 0.3) is 0 Å². The zero-order valence-electron chi connectivity index (χ0n) is 8.73. The second-order valence-corrected chi connectivity index (χ2v) is 4.10. The van der Waals surface area contributed by atoms with Gasteiger partial charge in [0, 0.05) is 23.2 Å². The van der Waals surface area contributed by atoms with Gasteiger partial charge in [-0.2, -0.15) is 0 Å². The molecule has 0 atom stereocenters. The molecule has 0 aliphatic heterocycles. The highest BCUT2D eigenvalue weighted by Gasteiger charge is 1.95. The zero-order chi connectivity index (χ0) is 10.4. The van der Waals surface area contributed by atoms with Gasteiger partial charge in [0.1, 0.15) is 0 Å². The summed E-state index contributed by atoms with van der Waals surface area (Å²) in [7, 11) is 0. The van der Waals surface area contributed by atoms with E-state index in [0.29, 0.717) is 0 Å². The van der Waals surface area contributed by atoms with Crippen LogP contribution in [0.4, 0.5) is 5.69 Å². The van der Waals surface area contributed by atoms with E-state index in [-0.39, 0.29) is 0 Å². The van der Waals surface area contributed by atoms with Gasteiger partial charge in [0.2, 0.25) is 0 Å². The summed E-state index contributed by atoms with van der Waals surface area (Å²) < 4.78 is 1.16. The van der Waals surface area contributed by atoms with Crippen LogP contribution in [0.15, 0.2) is 22.7 Å². The molecule has 0 radical (unpaired) electrons. The van der Waals surface area contributed by atoms with Crippen LogP contribution in [0.1, 0.15) is 12.5 Å². The molecule has 0 saturated heterocycles. The number of hydrogen-bond acceptors (Lipinski definition) is 2. The molecule has 14 heavy (non-hydrogen) atoms. The molecule has 0 amide bonds. The predicted molar refractivity (Wildman–Crippen MR) is 65.9 cm³/mol. The lowest BCUT2D eigenvalue weighted by molar-refractivity contribution is 0.739. The highest BCUT2D eigenvalue weighted by molar-refractivity contribution is 9.10. The van der Waals surface area contributed by atoms with Crippen LogP contribution >= 0.6 is 15.9 Å². The minimum absolute atomic E-state index is 0.967. The van der Waals surface area contributed by atoms with Gasteiger partial charge in [-0.25, -0.2) is 0 Å². The van der Waals surface area contributed by atoms with Crippen molar-refractivity contribution in [3.63, 3.8) is 0 Å². The van der Waals surface area contributed by atoms with Crippen molar-refractivity contribution < 1.29 is 0 Å². The molecule has 1 aromatic rings. The number of aryl methyl sites for hydroxylation is 1. The standard InChI is InChI=1S/C11H17BrN2/c1-3-13-6-7-14-10-4-5-11(12)9(2)8-10/h4-5,8,13-14H,3,6-7H2,1-2H3. The van der Waals surface area contributed by atoms with E-state index in [1.54, 1.807) is 0 Å². The van der Waals surface area contributed by atoms with Crippen LogP contribution < -0.4 is 10.6 Å². The first-order valence-corrected chi connectivity index (χ1v) is 5.74. The molecule has 0 aliphatic rings. The highest BCUT2D eigenvalue weighted by atomic mass is 79.9. The molecule has 1 rings (SSSR count). The van der Waals surface area contributed by atoms with Crippen molar-refractivity contribution in [2.24, 2.45) is 0 Å². The maximum Gasteiger partial charge on any atom is 0.0344 e. The normalized spacial score (nSPS) is 10.2. The van der Waals surface area contributed by atoms with Crippen LogP contribution in [0.5, 0.6) is 0 Å². The minimum Gasteiger partial charge on any atom is -0.384 e. The van der Waals surface area contributed by atoms with Crippen LogP contribution in [0, 0.1) is 6.92 Å². The summed E-state index contributed by atoms with van der Waals surface area (Å²) in [6.45, 7) is 7.21. The third-order valence-corrected chi connectivity index (χ3v) is 2.93. The number of likely N-dealkylation sites (N-methyl/N-ethyl adjacent to an activating group) is 1. The molecular formula is C11H17BrN2. The van der Waals surface area contributed by atoms with Gasteiger partial charge in [-0.15, -0.1) is 0 Å². The topological polar surface area (TPSA) is 24.1 Å². The lowest BCUT2D eigenvalue weighted by Gasteiger charge is -2.08. The van der Waals surface area contributed by atoms with Gasteiger partial charge in [0.05, 0.1) is 0 Å². The summed E-state index contributed by atoms with van der Waals surface area (Å²) in [6, 6.07) is 6.31. The number of halogens is 1. The Morgan fingerprint density at radius 1 is 1.29 bits per heavy atom. The van der Waals surface area contributed by atoms with E-state index in [9.17, 15) is 0 Å². The number of hydrogen-bond donors (Lipinski definition) is 2. The first kappa shape index (κ1) is 11.5. The third kappa shape index (κ3) is 3.68. The number of anilines is 1. The Morgan fingerprint density at radius 2 is 2.07 bits per heavy atom. The molecule has 0 unspecified atom stereocenters. The fourth-order valence-electron chi connectivity index (χ4n) is 1.23. The summed E-state index contributed by atoms with van der Waals surface area (Å²) >= 11 is 3.48. The van der Waals surface area contributed by atoms with E-state index in [4.69, 9.17) is 0 Å². The Morgan fingerprint density at radius 3 is 2.71 bits per heavy atom. The SMILES string of the molecule is CCNCCNc1ccc(Br)c(C)c1. The molecule has 0 fully saturated rings. The van der Waals surface area contributed by atoms with Crippen molar-refractivity contribution >= 4 is 21.6 Å². The summed E-state index contributed by atoms with van der Waals surface area (Å²) in [6.07, 6.45) is 0. The molecule has 0 heterocycles. The van der Waals surface area contributed by atoms with Gasteiger partial charge in [-0.3, -0.25) is 0 Å². The fraction of sp³-hybridized carbons (Fsp3) is 0.455. The Kier molecular flexibility index (Phi) is 4.98. The Bertz CT molecular complexity index is 287. The average Bonchev–Trinajstić information content (AvgIpc) is 2.18. The van der Waals surface area contributed by atoms with Gasteiger partial charge in [0.25, 0.3) is 0 Å². The summed E-state index contributed by atoms with van der Waals surface area (Å²) in [4.78, 5) is 0. The van der Waals surface area contributed by atoms with Crippen molar-refractivity contribution in [3.05, 3.63) is 28.2 Å². The van der Waals surface area contributed by atoms with Crippen molar-refractivity contribution in [3.8, 4) is 0 Å². The molecule has 78 valence electrons. The Hall–Kier alpha value is -0.540. The van der Waals surface area contributed by atoms with Crippen molar-refractivity contribution in [2.45, 2.75) is 13.8 Å². The predicted octanol–water partition coefficient (Wildman–Crippen LogP) is 2.78. The Balaban J connectivity index is 2.39. The second kappa shape index (κ2) is 6.04. The number of nitrogens with one attached hydrogen (secondary N) is 2. The van der Waals surface area contributed by atoms with Crippen LogP contribution in [-0.2, 0) is 0 Å². The minimum atomic E-state index is 0.967. The van der Waals surface area contributed by atoms with E-state index in [2.05, 4.69) is 58.6 Å². The summed E-state index contributed by atoms with van der Waals surface area (Å²) in [5.41, 5.74) is 2.45. The van der Waals surface area contributed by atoms with Crippen LogP contribution in [0.2, 0.25) is 0 Å². The van der Waals surface area contributed by atoms with E-state index >= 15 is 0 Å². The largest absolute Gasteiger partial charge is 0.384 e. The highest BCUT2D eigenvalue weighted by Crippen LogP contribution is 2.19. The quantitative estimate of drug-likeness (QED) is 0.792. The molecule has 2 N–H and O–H groups in total. The summed E-state index contributed by atoms with van der Waals surface area (Å²) in [5, 5.41) is 6.64. The molecule has 0 bridgehead atoms. The van der Waals surface area contributed by atoms with Gasteiger partial charge < -0.3 is 10.6 Å². The van der Waals surface area contributed by atoms with Gasteiger partial charge >= 0.3 is 0 Å². The molecule has 3 heteroatoms. The van der Waals surface area contributed by atoms with E-state index in [1.807, 2.05) is 0 Å². The molecule has 2 nitrogen and oxygen atoms in total. The smallest absolute Gasteiger partial charge is 0.0344 e. The third-order valence-electron chi connectivity index (χ3n) is 2.04. The maximum atomic E-state index is 3.48. The van der Waals surface area contributed by atoms with E-state index in [1.165, 1.54) is 11.3 Å². The van der Waals surface area contributed by atoms with Crippen LogP contribution in [0.3, 0.4) is 0 Å². The monoisotopic (exact) mass is 256 g/mol. The molecule has 0 spiro atoms.